The van der Waals surface area contributed by atoms with Gasteiger partial charge in [0.2, 0.25) is 5.91 Å². The molecule has 1 saturated heterocycles. The molecule has 1 heterocycles. The van der Waals surface area contributed by atoms with Crippen LogP contribution < -0.4 is 5.73 Å². The van der Waals surface area contributed by atoms with E-state index < -0.39 is 5.41 Å². The lowest BCUT2D eigenvalue weighted by Gasteiger charge is -2.37. The van der Waals surface area contributed by atoms with Crippen molar-refractivity contribution in [3.8, 4) is 0 Å². The van der Waals surface area contributed by atoms with Gasteiger partial charge in [-0.2, -0.15) is 0 Å². The smallest absolute Gasteiger partial charge is 0.232 e. The first-order valence-corrected chi connectivity index (χ1v) is 7.60. The second-order valence-electron chi connectivity index (χ2n) is 6.30. The van der Waals surface area contributed by atoms with Gasteiger partial charge in [0, 0.05) is 13.1 Å². The zero-order chi connectivity index (χ0) is 14.6. The maximum Gasteiger partial charge on any atom is 0.232 e. The van der Waals surface area contributed by atoms with Gasteiger partial charge in [-0.1, -0.05) is 30.3 Å². The zero-order valence-corrected chi connectivity index (χ0v) is 12.6. The third-order valence-corrected chi connectivity index (χ3v) is 4.51. The second kappa shape index (κ2) is 6.40. The molecule has 1 amide bonds. The highest BCUT2D eigenvalue weighted by atomic mass is 16.2. The van der Waals surface area contributed by atoms with E-state index >= 15 is 0 Å². The summed E-state index contributed by atoms with van der Waals surface area (Å²) in [5.41, 5.74) is 6.27. The van der Waals surface area contributed by atoms with E-state index in [2.05, 4.69) is 0 Å². The quantitative estimate of drug-likeness (QED) is 0.917. The maximum absolute atomic E-state index is 12.8. The van der Waals surface area contributed by atoms with Gasteiger partial charge in [-0.05, 0) is 51.1 Å². The van der Waals surface area contributed by atoms with Gasteiger partial charge in [0.15, 0.2) is 0 Å². The molecule has 0 bridgehead atoms. The fourth-order valence-corrected chi connectivity index (χ4v) is 3.03. The first-order chi connectivity index (χ1) is 9.55. The van der Waals surface area contributed by atoms with Crippen molar-refractivity contribution in [2.45, 2.75) is 38.5 Å². The van der Waals surface area contributed by atoms with Gasteiger partial charge in [-0.25, -0.2) is 0 Å². The third-order valence-electron chi connectivity index (χ3n) is 4.51. The summed E-state index contributed by atoms with van der Waals surface area (Å²) in [6.45, 7) is 6.56. The van der Waals surface area contributed by atoms with E-state index in [0.717, 1.165) is 44.5 Å². The molecule has 0 aliphatic carbocycles. The van der Waals surface area contributed by atoms with E-state index in [1.54, 1.807) is 0 Å². The second-order valence-corrected chi connectivity index (χ2v) is 6.30. The monoisotopic (exact) mass is 274 g/mol. The van der Waals surface area contributed by atoms with E-state index in [4.69, 9.17) is 5.73 Å². The Labute approximate surface area is 122 Å². The largest absolute Gasteiger partial charge is 0.342 e. The van der Waals surface area contributed by atoms with Crippen molar-refractivity contribution in [1.82, 2.24) is 4.90 Å². The van der Waals surface area contributed by atoms with E-state index in [9.17, 15) is 4.79 Å². The Hall–Kier alpha value is -1.35. The van der Waals surface area contributed by atoms with Crippen LogP contribution in [0.2, 0.25) is 0 Å². The fraction of sp³-hybridized carbons (Fsp3) is 0.588. The van der Waals surface area contributed by atoms with Gasteiger partial charge in [0.05, 0.1) is 5.41 Å². The summed E-state index contributed by atoms with van der Waals surface area (Å²) < 4.78 is 0. The lowest BCUT2D eigenvalue weighted by atomic mass is 9.82. The highest BCUT2D eigenvalue weighted by Gasteiger charge is 2.35. The Kier molecular flexibility index (Phi) is 4.81. The minimum absolute atomic E-state index is 0.245. The molecule has 110 valence electrons. The maximum atomic E-state index is 12.8. The molecule has 20 heavy (non-hydrogen) atoms. The van der Waals surface area contributed by atoms with Crippen molar-refractivity contribution in [2.24, 2.45) is 11.7 Å². The molecular formula is C17H26N2O. The molecule has 3 nitrogen and oxygen atoms in total. The standard InChI is InChI=1S/C17H26N2O/c1-17(2,15-6-4-3-5-7-15)16(20)19-12-9-14(8-11-18)10-13-19/h3-7,14H,8-13,18H2,1-2H3. The summed E-state index contributed by atoms with van der Waals surface area (Å²) >= 11 is 0. The van der Waals surface area contributed by atoms with Gasteiger partial charge in [-0.15, -0.1) is 0 Å². The Morgan fingerprint density at radius 3 is 2.40 bits per heavy atom. The number of rotatable bonds is 4. The van der Waals surface area contributed by atoms with Crippen LogP contribution in [0.1, 0.15) is 38.7 Å². The molecule has 0 unspecified atom stereocenters. The van der Waals surface area contributed by atoms with Crippen molar-refractivity contribution in [2.75, 3.05) is 19.6 Å². The van der Waals surface area contributed by atoms with Crippen LogP contribution in [0.25, 0.3) is 0 Å². The Balaban J connectivity index is 2.01. The molecule has 1 aliphatic heterocycles. The molecule has 0 atom stereocenters. The molecule has 2 rings (SSSR count). The number of carbonyl (C=O) groups is 1. The van der Waals surface area contributed by atoms with E-state index in [1.807, 2.05) is 49.1 Å². The lowest BCUT2D eigenvalue weighted by molar-refractivity contribution is -0.137. The number of benzene rings is 1. The Morgan fingerprint density at radius 1 is 1.25 bits per heavy atom. The van der Waals surface area contributed by atoms with Crippen LogP contribution in [0.3, 0.4) is 0 Å². The number of hydrogen-bond acceptors (Lipinski definition) is 2. The van der Waals surface area contributed by atoms with Crippen LogP contribution >= 0.6 is 0 Å². The topological polar surface area (TPSA) is 46.3 Å². The van der Waals surface area contributed by atoms with Gasteiger partial charge >= 0.3 is 0 Å². The molecule has 1 aliphatic rings. The van der Waals surface area contributed by atoms with Crippen LogP contribution in [0, 0.1) is 5.92 Å². The average molecular weight is 274 g/mol. The molecule has 0 saturated carbocycles. The summed E-state index contributed by atoms with van der Waals surface area (Å²) in [4.78, 5) is 14.8. The first kappa shape index (κ1) is 15.0. The van der Waals surface area contributed by atoms with Crippen molar-refractivity contribution in [3.05, 3.63) is 35.9 Å². The van der Waals surface area contributed by atoms with Crippen LogP contribution in [-0.2, 0) is 10.2 Å². The number of nitrogens with two attached hydrogens (primary N) is 1. The SMILES string of the molecule is CC(C)(C(=O)N1CCC(CCN)CC1)c1ccccc1. The molecule has 1 fully saturated rings. The molecular weight excluding hydrogens is 248 g/mol. The minimum atomic E-state index is -0.442. The van der Waals surface area contributed by atoms with E-state index in [0.29, 0.717) is 5.92 Å². The summed E-state index contributed by atoms with van der Waals surface area (Å²) in [5, 5.41) is 0. The van der Waals surface area contributed by atoms with Crippen LogP contribution in [0.15, 0.2) is 30.3 Å². The molecule has 0 radical (unpaired) electrons. The number of amides is 1. The van der Waals surface area contributed by atoms with Gasteiger partial charge in [0.25, 0.3) is 0 Å². The molecule has 0 aromatic heterocycles. The molecule has 3 heteroatoms. The number of likely N-dealkylation sites (tertiary alicyclic amines) is 1. The molecule has 1 aromatic rings. The Morgan fingerprint density at radius 2 is 1.85 bits per heavy atom. The van der Waals surface area contributed by atoms with E-state index in [-0.39, 0.29) is 5.91 Å². The van der Waals surface area contributed by atoms with Crippen molar-refractivity contribution < 1.29 is 4.79 Å². The number of hydrogen-bond donors (Lipinski definition) is 1. The summed E-state index contributed by atoms with van der Waals surface area (Å²) in [6.07, 6.45) is 3.27. The molecule has 0 spiro atoms. The molecule has 2 N–H and O–H groups in total. The summed E-state index contributed by atoms with van der Waals surface area (Å²) in [5.74, 6) is 0.943. The minimum Gasteiger partial charge on any atom is -0.342 e. The lowest BCUT2D eigenvalue weighted by Crippen LogP contribution is -2.47. The number of piperidine rings is 1. The number of carbonyl (C=O) groups excluding carboxylic acids is 1. The fourth-order valence-electron chi connectivity index (χ4n) is 3.03. The zero-order valence-electron chi connectivity index (χ0n) is 12.6. The highest BCUT2D eigenvalue weighted by Crippen LogP contribution is 2.28. The van der Waals surface area contributed by atoms with Gasteiger partial charge < -0.3 is 10.6 Å². The van der Waals surface area contributed by atoms with Crippen molar-refractivity contribution in [3.63, 3.8) is 0 Å². The predicted octanol–water partition coefficient (Wildman–Crippen LogP) is 2.55. The Bertz CT molecular complexity index is 434. The van der Waals surface area contributed by atoms with Crippen molar-refractivity contribution in [1.29, 1.82) is 0 Å². The average Bonchev–Trinajstić information content (AvgIpc) is 2.48. The predicted molar refractivity (Wildman–Crippen MR) is 82.4 cm³/mol. The van der Waals surface area contributed by atoms with Gasteiger partial charge in [-0.3, -0.25) is 4.79 Å². The first-order valence-electron chi connectivity index (χ1n) is 7.60. The van der Waals surface area contributed by atoms with Crippen molar-refractivity contribution >= 4 is 5.91 Å². The van der Waals surface area contributed by atoms with Gasteiger partial charge in [0.1, 0.15) is 0 Å². The third kappa shape index (κ3) is 3.21. The number of nitrogens with zero attached hydrogens (tertiary/aromatic N) is 1. The van der Waals surface area contributed by atoms with Crippen LogP contribution in [0.5, 0.6) is 0 Å². The molecule has 1 aromatic carbocycles. The van der Waals surface area contributed by atoms with Crippen LogP contribution in [0.4, 0.5) is 0 Å². The van der Waals surface area contributed by atoms with Crippen LogP contribution in [-0.4, -0.2) is 30.4 Å². The highest BCUT2D eigenvalue weighted by molar-refractivity contribution is 5.87. The van der Waals surface area contributed by atoms with E-state index in [1.165, 1.54) is 0 Å². The normalized spacial score (nSPS) is 17.2. The summed E-state index contributed by atoms with van der Waals surface area (Å²) in [6, 6.07) is 10.1. The summed E-state index contributed by atoms with van der Waals surface area (Å²) in [7, 11) is 0.